The van der Waals surface area contributed by atoms with Crippen LogP contribution < -0.4 is 10.6 Å². The standard InChI is InChI=1S/C15H22N6O/c1-10-7-21-9-17-19-14(21)13(18-10)20-5-3-15(4-6-20)8-22-11(2)12(15)16/h7,9,11-12H,3-6,8,16H2,1-2H3/t11-,12+/m0/s1. The topological polar surface area (TPSA) is 81.6 Å². The lowest BCUT2D eigenvalue weighted by Gasteiger charge is -2.41. The molecule has 2 aliphatic rings. The molecule has 2 saturated heterocycles. The second-order valence-electron chi connectivity index (χ2n) is 6.66. The van der Waals surface area contributed by atoms with Gasteiger partial charge >= 0.3 is 0 Å². The van der Waals surface area contributed by atoms with E-state index in [1.165, 1.54) is 0 Å². The first-order chi connectivity index (χ1) is 10.6. The summed E-state index contributed by atoms with van der Waals surface area (Å²) in [5, 5.41) is 8.21. The van der Waals surface area contributed by atoms with E-state index in [-0.39, 0.29) is 17.6 Å². The Balaban J connectivity index is 1.60. The van der Waals surface area contributed by atoms with Crippen molar-refractivity contribution in [3.8, 4) is 0 Å². The zero-order valence-electron chi connectivity index (χ0n) is 13.1. The van der Waals surface area contributed by atoms with Gasteiger partial charge in [-0.15, -0.1) is 10.2 Å². The Morgan fingerprint density at radius 1 is 1.36 bits per heavy atom. The van der Waals surface area contributed by atoms with E-state index in [4.69, 9.17) is 10.5 Å². The number of fused-ring (bicyclic) bond motifs is 1. The molecule has 2 fully saturated rings. The molecule has 4 heterocycles. The monoisotopic (exact) mass is 302 g/mol. The summed E-state index contributed by atoms with van der Waals surface area (Å²) in [4.78, 5) is 6.99. The summed E-state index contributed by atoms with van der Waals surface area (Å²) < 4.78 is 7.73. The van der Waals surface area contributed by atoms with Gasteiger partial charge in [0, 0.05) is 30.7 Å². The van der Waals surface area contributed by atoms with Gasteiger partial charge in [0.1, 0.15) is 6.33 Å². The molecule has 1 spiro atoms. The van der Waals surface area contributed by atoms with E-state index in [1.54, 1.807) is 6.33 Å². The first-order valence-corrected chi connectivity index (χ1v) is 7.88. The number of aryl methyl sites for hydroxylation is 1. The van der Waals surface area contributed by atoms with Crippen molar-refractivity contribution in [2.45, 2.75) is 38.8 Å². The minimum atomic E-state index is 0.129. The van der Waals surface area contributed by atoms with Crippen molar-refractivity contribution in [3.63, 3.8) is 0 Å². The van der Waals surface area contributed by atoms with Crippen LogP contribution in [0.1, 0.15) is 25.5 Å². The Labute approximate surface area is 129 Å². The Morgan fingerprint density at radius 3 is 2.82 bits per heavy atom. The van der Waals surface area contributed by atoms with Gasteiger partial charge in [0.2, 0.25) is 5.65 Å². The predicted molar refractivity (Wildman–Crippen MR) is 82.8 cm³/mol. The molecular weight excluding hydrogens is 280 g/mol. The second kappa shape index (κ2) is 4.89. The number of ether oxygens (including phenoxy) is 1. The molecule has 0 aromatic carbocycles. The summed E-state index contributed by atoms with van der Waals surface area (Å²) >= 11 is 0. The molecule has 0 bridgehead atoms. The summed E-state index contributed by atoms with van der Waals surface area (Å²) in [6.45, 7) is 6.72. The van der Waals surface area contributed by atoms with Crippen LogP contribution in [0.2, 0.25) is 0 Å². The first kappa shape index (κ1) is 13.9. The molecule has 0 saturated carbocycles. The number of nitrogens with two attached hydrogens (primary N) is 1. The summed E-state index contributed by atoms with van der Waals surface area (Å²) in [5.41, 5.74) is 8.30. The molecule has 0 amide bonds. The molecule has 0 radical (unpaired) electrons. The van der Waals surface area contributed by atoms with Crippen LogP contribution in [-0.4, -0.2) is 51.4 Å². The minimum Gasteiger partial charge on any atom is -0.376 e. The molecule has 0 unspecified atom stereocenters. The van der Waals surface area contributed by atoms with E-state index in [0.717, 1.165) is 49.7 Å². The quantitative estimate of drug-likeness (QED) is 0.838. The van der Waals surface area contributed by atoms with Gasteiger partial charge in [0.15, 0.2) is 5.82 Å². The van der Waals surface area contributed by atoms with Crippen molar-refractivity contribution < 1.29 is 4.74 Å². The number of nitrogens with zero attached hydrogens (tertiary/aromatic N) is 5. The molecule has 4 rings (SSSR count). The zero-order chi connectivity index (χ0) is 15.3. The molecular formula is C15H22N6O. The van der Waals surface area contributed by atoms with Gasteiger partial charge in [0.25, 0.3) is 0 Å². The van der Waals surface area contributed by atoms with Crippen molar-refractivity contribution in [2.24, 2.45) is 11.1 Å². The van der Waals surface area contributed by atoms with Crippen LogP contribution >= 0.6 is 0 Å². The van der Waals surface area contributed by atoms with Gasteiger partial charge in [-0.05, 0) is 26.7 Å². The Kier molecular flexibility index (Phi) is 3.09. The molecule has 22 heavy (non-hydrogen) atoms. The van der Waals surface area contributed by atoms with Crippen molar-refractivity contribution in [1.82, 2.24) is 19.6 Å². The number of piperidine rings is 1. The molecule has 7 heteroatoms. The average molecular weight is 302 g/mol. The van der Waals surface area contributed by atoms with Crippen LogP contribution in [0.4, 0.5) is 5.82 Å². The lowest BCUT2D eigenvalue weighted by atomic mass is 9.73. The molecule has 2 atom stereocenters. The van der Waals surface area contributed by atoms with Crippen LogP contribution in [0, 0.1) is 12.3 Å². The van der Waals surface area contributed by atoms with Gasteiger partial charge in [-0.2, -0.15) is 0 Å². The highest BCUT2D eigenvalue weighted by molar-refractivity contribution is 5.64. The fourth-order valence-corrected chi connectivity index (χ4v) is 3.79. The molecule has 0 aliphatic carbocycles. The molecule has 2 aromatic heterocycles. The molecule has 2 N–H and O–H groups in total. The highest BCUT2D eigenvalue weighted by Crippen LogP contribution is 2.42. The Hall–Kier alpha value is -1.73. The van der Waals surface area contributed by atoms with Crippen LogP contribution in [0.5, 0.6) is 0 Å². The van der Waals surface area contributed by atoms with Crippen molar-refractivity contribution in [2.75, 3.05) is 24.6 Å². The predicted octanol–water partition coefficient (Wildman–Crippen LogP) is 0.765. The first-order valence-electron chi connectivity index (χ1n) is 7.88. The van der Waals surface area contributed by atoms with Gasteiger partial charge in [0.05, 0.1) is 18.4 Å². The van der Waals surface area contributed by atoms with Gasteiger partial charge < -0.3 is 15.4 Å². The van der Waals surface area contributed by atoms with E-state index >= 15 is 0 Å². The van der Waals surface area contributed by atoms with Crippen molar-refractivity contribution in [1.29, 1.82) is 0 Å². The maximum atomic E-state index is 6.38. The smallest absolute Gasteiger partial charge is 0.203 e. The normalized spacial score (nSPS) is 27.9. The molecule has 7 nitrogen and oxygen atoms in total. The number of hydrogen-bond acceptors (Lipinski definition) is 6. The third kappa shape index (κ3) is 1.99. The third-order valence-corrected chi connectivity index (χ3v) is 5.29. The molecule has 2 aromatic rings. The maximum Gasteiger partial charge on any atom is 0.203 e. The lowest BCUT2D eigenvalue weighted by molar-refractivity contribution is 0.0974. The summed E-state index contributed by atoms with van der Waals surface area (Å²) in [6.07, 6.45) is 5.91. The number of aromatic nitrogens is 4. The fraction of sp³-hybridized carbons (Fsp3) is 0.667. The number of rotatable bonds is 1. The van der Waals surface area contributed by atoms with Crippen LogP contribution in [0.25, 0.3) is 5.65 Å². The third-order valence-electron chi connectivity index (χ3n) is 5.29. The minimum absolute atomic E-state index is 0.129. The number of hydrogen-bond donors (Lipinski definition) is 1. The van der Waals surface area contributed by atoms with E-state index in [0.29, 0.717) is 0 Å². The van der Waals surface area contributed by atoms with E-state index in [1.807, 2.05) is 17.5 Å². The largest absolute Gasteiger partial charge is 0.376 e. The molecule has 2 aliphatic heterocycles. The van der Waals surface area contributed by atoms with Crippen molar-refractivity contribution >= 4 is 11.5 Å². The van der Waals surface area contributed by atoms with Crippen LogP contribution in [-0.2, 0) is 4.74 Å². The van der Waals surface area contributed by atoms with E-state index in [2.05, 4.69) is 27.0 Å². The Morgan fingerprint density at radius 2 is 2.14 bits per heavy atom. The fourth-order valence-electron chi connectivity index (χ4n) is 3.79. The highest BCUT2D eigenvalue weighted by Gasteiger charge is 2.47. The van der Waals surface area contributed by atoms with Crippen molar-refractivity contribution in [3.05, 3.63) is 18.2 Å². The SMILES string of the molecule is Cc1cn2cnnc2c(N2CCC3(CC2)CO[C@@H](C)[C@H]3N)n1. The summed E-state index contributed by atoms with van der Waals surface area (Å²) in [5.74, 6) is 0.924. The van der Waals surface area contributed by atoms with E-state index < -0.39 is 0 Å². The summed E-state index contributed by atoms with van der Waals surface area (Å²) in [6, 6.07) is 0.133. The van der Waals surface area contributed by atoms with Gasteiger partial charge in [-0.1, -0.05) is 0 Å². The average Bonchev–Trinajstić information content (AvgIpc) is 3.08. The molecule has 118 valence electrons. The van der Waals surface area contributed by atoms with Crippen LogP contribution in [0.3, 0.4) is 0 Å². The lowest BCUT2D eigenvalue weighted by Crippen LogP contribution is -2.50. The van der Waals surface area contributed by atoms with Gasteiger partial charge in [-0.3, -0.25) is 4.40 Å². The van der Waals surface area contributed by atoms with Crippen LogP contribution in [0.15, 0.2) is 12.5 Å². The second-order valence-corrected chi connectivity index (χ2v) is 6.66. The highest BCUT2D eigenvalue weighted by atomic mass is 16.5. The Bertz CT molecular complexity index is 690. The summed E-state index contributed by atoms with van der Waals surface area (Å²) in [7, 11) is 0. The number of anilines is 1. The van der Waals surface area contributed by atoms with Gasteiger partial charge in [-0.25, -0.2) is 4.98 Å². The van der Waals surface area contributed by atoms with E-state index in [9.17, 15) is 0 Å². The zero-order valence-corrected chi connectivity index (χ0v) is 13.1. The maximum absolute atomic E-state index is 6.38.